The Hall–Kier alpha value is -2.70. The van der Waals surface area contributed by atoms with Gasteiger partial charge in [0.1, 0.15) is 12.3 Å². The van der Waals surface area contributed by atoms with E-state index in [0.29, 0.717) is 11.7 Å². The summed E-state index contributed by atoms with van der Waals surface area (Å²) in [4.78, 5) is 25.9. The second-order valence-electron chi connectivity index (χ2n) is 8.44. The van der Waals surface area contributed by atoms with Crippen molar-refractivity contribution in [2.75, 3.05) is 23.8 Å². The molecular weight excluding hydrogens is 407 g/mol. The Bertz CT molecular complexity index is 969. The number of amides is 1. The van der Waals surface area contributed by atoms with Gasteiger partial charge < -0.3 is 10.1 Å². The van der Waals surface area contributed by atoms with Gasteiger partial charge in [0.25, 0.3) is 5.91 Å². The van der Waals surface area contributed by atoms with Crippen molar-refractivity contribution < 1.29 is 14.3 Å². The maximum absolute atomic E-state index is 13.2. The minimum absolute atomic E-state index is 0.0398. The quantitative estimate of drug-likeness (QED) is 0.485. The number of aryl methyl sites for hydroxylation is 2. The minimum Gasteiger partial charge on any atom is -0.458 e. The summed E-state index contributed by atoms with van der Waals surface area (Å²) in [5.74, 6) is -0.244. The van der Waals surface area contributed by atoms with Gasteiger partial charge in [0.2, 0.25) is 0 Å². The zero-order valence-corrected chi connectivity index (χ0v) is 19.4. The summed E-state index contributed by atoms with van der Waals surface area (Å²) >= 11 is 0. The van der Waals surface area contributed by atoms with Crippen LogP contribution in [-0.2, 0) is 20.9 Å². The predicted molar refractivity (Wildman–Crippen MR) is 126 cm³/mol. The van der Waals surface area contributed by atoms with Crippen LogP contribution in [0.1, 0.15) is 42.0 Å². The predicted octanol–water partition coefficient (Wildman–Crippen LogP) is 5.06. The molecule has 1 unspecified atom stereocenters. The van der Waals surface area contributed by atoms with Gasteiger partial charge in [-0.3, -0.25) is 4.79 Å². The number of rotatable bonds is 7. The molecule has 31 heavy (non-hydrogen) atoms. The molecule has 1 amide bonds. The molecule has 3 rings (SSSR count). The Kier molecular flexibility index (Phi) is 7.46. The normalized spacial score (nSPS) is 15.7. The number of hydrogen-bond donors (Lipinski definition) is 1. The third-order valence-electron chi connectivity index (χ3n) is 6.25. The largest absolute Gasteiger partial charge is 0.458 e. The lowest BCUT2D eigenvalue weighted by Crippen LogP contribution is -2.32. The molecule has 1 N–H and O–H groups in total. The van der Waals surface area contributed by atoms with Crippen molar-refractivity contribution in [1.82, 2.24) is 0 Å². The molecule has 0 aromatic heterocycles. The summed E-state index contributed by atoms with van der Waals surface area (Å²) in [5, 5.41) is 12.2. The van der Waals surface area contributed by atoms with Gasteiger partial charge in [0.15, 0.2) is 6.16 Å². The lowest BCUT2D eigenvalue weighted by molar-refractivity contribution is -0.141. The van der Waals surface area contributed by atoms with Crippen LogP contribution in [0.5, 0.6) is 0 Å². The van der Waals surface area contributed by atoms with E-state index in [1.807, 2.05) is 51.1 Å². The van der Waals surface area contributed by atoms with Gasteiger partial charge in [-0.25, -0.2) is 4.79 Å². The van der Waals surface area contributed by atoms with Crippen LogP contribution in [0.4, 0.5) is 5.69 Å². The first-order chi connectivity index (χ1) is 14.8. The Balaban J connectivity index is 1.69. The maximum Gasteiger partial charge on any atom is 0.344 e. The monoisotopic (exact) mass is 437 g/mol. The van der Waals surface area contributed by atoms with E-state index in [9.17, 15) is 9.59 Å². The molecule has 1 aliphatic rings. The van der Waals surface area contributed by atoms with E-state index in [1.54, 1.807) is 12.1 Å². The average molecular weight is 438 g/mol. The first-order valence-electron chi connectivity index (χ1n) is 10.7. The molecule has 2 aromatic carbocycles. The number of ether oxygens (including phenoxy) is 1. The number of esters is 1. The SMILES string of the molecule is Cc1cc(C#N)cc(C)c1NC(=O)C(C)[P+]1(CC(=O)OCc2ccccc2)CCCC1. The number of nitrogens with zero attached hydrogens (tertiary/aromatic N) is 1. The zero-order chi connectivity index (χ0) is 22.4. The molecule has 1 fully saturated rings. The smallest absolute Gasteiger partial charge is 0.344 e. The highest BCUT2D eigenvalue weighted by atomic mass is 31.2. The number of benzene rings is 2. The summed E-state index contributed by atoms with van der Waals surface area (Å²) in [7, 11) is -1.79. The van der Waals surface area contributed by atoms with E-state index in [-0.39, 0.29) is 24.1 Å². The maximum atomic E-state index is 13.2. The first-order valence-corrected chi connectivity index (χ1v) is 13.1. The van der Waals surface area contributed by atoms with E-state index >= 15 is 0 Å². The van der Waals surface area contributed by atoms with Gasteiger partial charge in [-0.2, -0.15) is 5.26 Å². The molecule has 6 heteroatoms. The van der Waals surface area contributed by atoms with E-state index in [1.165, 1.54) is 0 Å². The molecule has 1 saturated heterocycles. The molecule has 0 saturated carbocycles. The molecular formula is C25H30N2O3P+. The van der Waals surface area contributed by atoms with Gasteiger partial charge >= 0.3 is 5.97 Å². The van der Waals surface area contributed by atoms with Crippen molar-refractivity contribution in [3.05, 3.63) is 64.7 Å². The third-order valence-corrected chi connectivity index (χ3v) is 11.4. The number of anilines is 1. The molecule has 1 aliphatic heterocycles. The van der Waals surface area contributed by atoms with Gasteiger partial charge in [0.05, 0.1) is 24.0 Å². The number of carbonyl (C=O) groups excluding carboxylic acids is 2. The van der Waals surface area contributed by atoms with Crippen molar-refractivity contribution in [3.8, 4) is 6.07 Å². The van der Waals surface area contributed by atoms with E-state index in [0.717, 1.165) is 47.5 Å². The van der Waals surface area contributed by atoms with Gasteiger partial charge in [-0.05, 0) is 62.4 Å². The van der Waals surface area contributed by atoms with Gasteiger partial charge in [-0.1, -0.05) is 30.3 Å². The third kappa shape index (κ3) is 5.51. The van der Waals surface area contributed by atoms with Crippen molar-refractivity contribution in [3.63, 3.8) is 0 Å². The number of nitrogens with one attached hydrogen (secondary N) is 1. The van der Waals surface area contributed by atoms with Gasteiger partial charge in [-0.15, -0.1) is 0 Å². The Labute approximate surface area is 185 Å². The van der Waals surface area contributed by atoms with Crippen molar-refractivity contribution in [2.45, 2.75) is 45.9 Å². The number of nitriles is 1. The molecule has 0 aliphatic carbocycles. The van der Waals surface area contributed by atoms with Crippen LogP contribution in [0, 0.1) is 25.2 Å². The lowest BCUT2D eigenvalue weighted by atomic mass is 10.0. The molecule has 5 nitrogen and oxygen atoms in total. The van der Waals surface area contributed by atoms with Crippen molar-refractivity contribution in [2.24, 2.45) is 0 Å². The second-order valence-corrected chi connectivity index (χ2v) is 12.9. The second kappa shape index (κ2) is 10.1. The molecule has 1 atom stereocenters. The highest BCUT2D eigenvalue weighted by Gasteiger charge is 2.51. The fourth-order valence-electron chi connectivity index (χ4n) is 4.39. The Morgan fingerprint density at radius 2 is 1.74 bits per heavy atom. The molecule has 2 aromatic rings. The fraction of sp³-hybridized carbons (Fsp3) is 0.400. The van der Waals surface area contributed by atoms with E-state index < -0.39 is 7.26 Å². The summed E-state index contributed by atoms with van der Waals surface area (Å²) < 4.78 is 5.55. The van der Waals surface area contributed by atoms with Crippen LogP contribution in [0.15, 0.2) is 42.5 Å². The van der Waals surface area contributed by atoms with Crippen LogP contribution in [-0.4, -0.2) is 36.0 Å². The topological polar surface area (TPSA) is 79.2 Å². The molecule has 0 bridgehead atoms. The zero-order valence-electron chi connectivity index (χ0n) is 18.5. The summed E-state index contributed by atoms with van der Waals surface area (Å²) in [6.45, 7) is 6.03. The lowest BCUT2D eigenvalue weighted by Gasteiger charge is -2.27. The van der Waals surface area contributed by atoms with Crippen molar-refractivity contribution >= 4 is 24.8 Å². The standard InChI is InChI=1S/C25H29N2O3P/c1-18-13-22(15-26)14-19(2)24(18)27-25(29)20(3)31(11-7-8-12-31)17-23(28)30-16-21-9-5-4-6-10-21/h4-6,9-10,13-14,20H,7-8,11-12,16-17H2,1-3H3/p+1. The van der Waals surface area contributed by atoms with E-state index in [4.69, 9.17) is 10.00 Å². The number of carbonyl (C=O) groups is 2. The van der Waals surface area contributed by atoms with Crippen LogP contribution >= 0.6 is 7.26 Å². The number of hydrogen-bond acceptors (Lipinski definition) is 4. The molecule has 0 radical (unpaired) electrons. The highest BCUT2D eigenvalue weighted by molar-refractivity contribution is 7.78. The molecule has 1 heterocycles. The Morgan fingerprint density at radius 3 is 2.32 bits per heavy atom. The van der Waals surface area contributed by atoms with Gasteiger partial charge in [0, 0.05) is 12.9 Å². The van der Waals surface area contributed by atoms with Crippen LogP contribution in [0.3, 0.4) is 0 Å². The fourth-order valence-corrected chi connectivity index (χ4v) is 8.85. The van der Waals surface area contributed by atoms with Crippen LogP contribution in [0.2, 0.25) is 0 Å². The first kappa shape index (κ1) is 23.0. The molecule has 162 valence electrons. The highest BCUT2D eigenvalue weighted by Crippen LogP contribution is 2.67. The summed E-state index contributed by atoms with van der Waals surface area (Å²) in [6, 6.07) is 15.4. The minimum atomic E-state index is -1.79. The average Bonchev–Trinajstić information content (AvgIpc) is 3.24. The van der Waals surface area contributed by atoms with Crippen LogP contribution in [0.25, 0.3) is 0 Å². The summed E-state index contributed by atoms with van der Waals surface area (Å²) in [5.41, 5.74) is 3.85. The van der Waals surface area contributed by atoms with E-state index in [2.05, 4.69) is 11.4 Å². The van der Waals surface area contributed by atoms with Crippen LogP contribution < -0.4 is 5.32 Å². The Morgan fingerprint density at radius 1 is 1.13 bits per heavy atom. The molecule has 0 spiro atoms. The summed E-state index contributed by atoms with van der Waals surface area (Å²) in [6.07, 6.45) is 4.39. The van der Waals surface area contributed by atoms with Crippen molar-refractivity contribution in [1.29, 1.82) is 5.26 Å².